The van der Waals surface area contributed by atoms with Crippen molar-refractivity contribution in [1.82, 2.24) is 9.88 Å². The van der Waals surface area contributed by atoms with Gasteiger partial charge in [0.1, 0.15) is 11.6 Å². The fourth-order valence-electron chi connectivity index (χ4n) is 5.96. The van der Waals surface area contributed by atoms with Gasteiger partial charge in [0.25, 0.3) is 0 Å². The van der Waals surface area contributed by atoms with Crippen LogP contribution in [0.4, 0.5) is 4.39 Å². The first-order valence-electron chi connectivity index (χ1n) is 12.7. The van der Waals surface area contributed by atoms with Crippen molar-refractivity contribution in [2.75, 3.05) is 20.2 Å². The zero-order valence-electron chi connectivity index (χ0n) is 20.6. The molecule has 3 aromatic rings. The van der Waals surface area contributed by atoms with Gasteiger partial charge in [-0.2, -0.15) is 0 Å². The standard InChI is InChI=1S/C29H33FN2O4/c1-36-22-7-8-25-23(17-22)27(24(30)18-31-25)26(33)9-10-29(28(34)35)11-13-32(14-12-29)21-15-20(16-21)19-5-3-2-4-6-19/h2-8,17-18,20-21,26,33H,9-16H2,1H3,(H,34,35). The molecule has 1 unspecified atom stereocenters. The third-order valence-corrected chi connectivity index (χ3v) is 8.41. The molecule has 6 nitrogen and oxygen atoms in total. The molecule has 190 valence electrons. The Morgan fingerprint density at radius 1 is 1.19 bits per heavy atom. The number of pyridine rings is 1. The van der Waals surface area contributed by atoms with Crippen LogP contribution in [0, 0.1) is 11.2 Å². The van der Waals surface area contributed by atoms with E-state index in [1.807, 2.05) is 6.07 Å². The lowest BCUT2D eigenvalue weighted by Gasteiger charge is -2.48. The highest BCUT2D eigenvalue weighted by Crippen LogP contribution is 2.45. The van der Waals surface area contributed by atoms with Gasteiger partial charge in [0.15, 0.2) is 0 Å². The van der Waals surface area contributed by atoms with Crippen LogP contribution in [-0.4, -0.2) is 52.3 Å². The fraction of sp³-hybridized carbons (Fsp3) is 0.448. The average molecular weight is 493 g/mol. The second-order valence-corrected chi connectivity index (χ2v) is 10.3. The molecule has 2 fully saturated rings. The van der Waals surface area contributed by atoms with Gasteiger partial charge in [-0.25, -0.2) is 4.39 Å². The highest BCUT2D eigenvalue weighted by atomic mass is 19.1. The summed E-state index contributed by atoms with van der Waals surface area (Å²) in [5.74, 6) is -0.295. The Balaban J connectivity index is 1.23. The van der Waals surface area contributed by atoms with Gasteiger partial charge in [-0.15, -0.1) is 0 Å². The number of benzene rings is 2. The molecule has 0 spiro atoms. The van der Waals surface area contributed by atoms with E-state index in [9.17, 15) is 19.4 Å². The van der Waals surface area contributed by atoms with Crippen LogP contribution in [-0.2, 0) is 4.79 Å². The van der Waals surface area contributed by atoms with E-state index in [2.05, 4.69) is 34.1 Å². The monoisotopic (exact) mass is 492 g/mol. The molecule has 0 bridgehead atoms. The Morgan fingerprint density at radius 3 is 2.58 bits per heavy atom. The maximum Gasteiger partial charge on any atom is 0.309 e. The van der Waals surface area contributed by atoms with Gasteiger partial charge in [0.05, 0.1) is 30.3 Å². The van der Waals surface area contributed by atoms with Crippen molar-refractivity contribution in [2.45, 2.75) is 56.6 Å². The lowest BCUT2D eigenvalue weighted by molar-refractivity contribution is -0.154. The first-order chi connectivity index (χ1) is 17.4. The maximum atomic E-state index is 14.8. The van der Waals surface area contributed by atoms with Crippen molar-refractivity contribution in [1.29, 1.82) is 0 Å². The average Bonchev–Trinajstić information content (AvgIpc) is 2.87. The molecule has 2 aliphatic rings. The van der Waals surface area contributed by atoms with Crippen LogP contribution in [0.3, 0.4) is 0 Å². The van der Waals surface area contributed by atoms with Crippen LogP contribution in [0.2, 0.25) is 0 Å². The van der Waals surface area contributed by atoms with E-state index in [1.165, 1.54) is 12.7 Å². The molecule has 1 atom stereocenters. The van der Waals surface area contributed by atoms with Crippen molar-refractivity contribution < 1.29 is 24.1 Å². The summed E-state index contributed by atoms with van der Waals surface area (Å²) in [6.45, 7) is 1.47. The number of ether oxygens (including phenoxy) is 1. The van der Waals surface area contributed by atoms with Gasteiger partial charge in [-0.1, -0.05) is 30.3 Å². The predicted octanol–water partition coefficient (Wildman–Crippen LogP) is 5.31. The highest BCUT2D eigenvalue weighted by molar-refractivity contribution is 5.84. The first kappa shape index (κ1) is 24.7. The molecule has 1 aliphatic heterocycles. The van der Waals surface area contributed by atoms with E-state index in [4.69, 9.17) is 4.74 Å². The number of aliphatic carboxylic acids is 1. The minimum absolute atomic E-state index is 0.151. The Kier molecular flexibility index (Phi) is 6.95. The van der Waals surface area contributed by atoms with Crippen LogP contribution in [0.15, 0.2) is 54.7 Å². The van der Waals surface area contributed by atoms with Gasteiger partial charge in [-0.05, 0) is 81.3 Å². The summed E-state index contributed by atoms with van der Waals surface area (Å²) in [5, 5.41) is 21.6. The van der Waals surface area contributed by atoms with E-state index in [0.717, 1.165) is 32.1 Å². The van der Waals surface area contributed by atoms with Crippen molar-refractivity contribution in [3.05, 3.63) is 71.7 Å². The molecule has 2 heterocycles. The second-order valence-electron chi connectivity index (χ2n) is 10.3. The lowest BCUT2D eigenvalue weighted by Crippen LogP contribution is -2.51. The molecule has 5 rings (SSSR count). The number of fused-ring (bicyclic) bond motifs is 1. The maximum absolute atomic E-state index is 14.8. The number of carbonyl (C=O) groups is 1. The van der Waals surface area contributed by atoms with Crippen molar-refractivity contribution in [2.24, 2.45) is 5.41 Å². The van der Waals surface area contributed by atoms with Gasteiger partial charge in [0, 0.05) is 17.0 Å². The number of methoxy groups -OCH3 is 1. The zero-order chi connectivity index (χ0) is 25.3. The number of carboxylic acid groups (broad SMARTS) is 1. The molecular weight excluding hydrogens is 459 g/mol. The number of hydrogen-bond donors (Lipinski definition) is 2. The smallest absolute Gasteiger partial charge is 0.309 e. The Hall–Kier alpha value is -3.03. The van der Waals surface area contributed by atoms with Crippen molar-refractivity contribution in [3.63, 3.8) is 0 Å². The third kappa shape index (κ3) is 4.70. The van der Waals surface area contributed by atoms with E-state index >= 15 is 0 Å². The number of halogens is 1. The van der Waals surface area contributed by atoms with Crippen LogP contribution in [0.25, 0.3) is 10.9 Å². The first-order valence-corrected chi connectivity index (χ1v) is 12.7. The van der Waals surface area contributed by atoms with Gasteiger partial charge < -0.3 is 19.8 Å². The summed E-state index contributed by atoms with van der Waals surface area (Å²) in [6.07, 6.45) is 3.74. The third-order valence-electron chi connectivity index (χ3n) is 8.41. The largest absolute Gasteiger partial charge is 0.497 e. The fourth-order valence-corrected chi connectivity index (χ4v) is 5.96. The van der Waals surface area contributed by atoms with Crippen molar-refractivity contribution in [3.8, 4) is 5.75 Å². The van der Waals surface area contributed by atoms with Gasteiger partial charge in [0.2, 0.25) is 0 Å². The summed E-state index contributed by atoms with van der Waals surface area (Å²) in [6, 6.07) is 16.2. The number of piperidine rings is 1. The van der Waals surface area contributed by atoms with E-state index in [-0.39, 0.29) is 12.0 Å². The molecular formula is C29H33FN2O4. The van der Waals surface area contributed by atoms with Gasteiger partial charge in [-0.3, -0.25) is 9.78 Å². The Bertz CT molecular complexity index is 1220. The summed E-state index contributed by atoms with van der Waals surface area (Å²) < 4.78 is 20.0. The topological polar surface area (TPSA) is 82.9 Å². The van der Waals surface area contributed by atoms with Gasteiger partial charge >= 0.3 is 5.97 Å². The number of nitrogens with zero attached hydrogens (tertiary/aromatic N) is 2. The molecule has 1 aromatic heterocycles. The Morgan fingerprint density at radius 2 is 1.92 bits per heavy atom. The van der Waals surface area contributed by atoms with Crippen LogP contribution >= 0.6 is 0 Å². The quantitative estimate of drug-likeness (QED) is 0.444. The minimum atomic E-state index is -1.13. The second kappa shape index (κ2) is 10.1. The van der Waals surface area contributed by atoms with E-state index in [1.54, 1.807) is 18.2 Å². The molecule has 2 aromatic carbocycles. The number of likely N-dealkylation sites (tertiary alicyclic amines) is 1. The molecule has 0 amide bonds. The normalized spacial score (nSPS) is 22.6. The molecule has 1 saturated heterocycles. The number of aliphatic hydroxyl groups is 1. The number of rotatable bonds is 8. The number of aromatic nitrogens is 1. The number of aliphatic hydroxyl groups excluding tert-OH is 1. The minimum Gasteiger partial charge on any atom is -0.497 e. The molecule has 2 N–H and O–H groups in total. The van der Waals surface area contributed by atoms with Crippen molar-refractivity contribution >= 4 is 16.9 Å². The molecule has 1 saturated carbocycles. The SMILES string of the molecule is COc1ccc2ncc(F)c(C(O)CCC3(C(=O)O)CCN(C4CC(c5ccccc5)C4)CC3)c2c1. The van der Waals surface area contributed by atoms with E-state index in [0.29, 0.717) is 47.9 Å². The highest BCUT2D eigenvalue weighted by Gasteiger charge is 2.44. The lowest BCUT2D eigenvalue weighted by atomic mass is 9.71. The Labute approximate surface area is 210 Å². The summed E-state index contributed by atoms with van der Waals surface area (Å²) in [7, 11) is 1.53. The molecule has 1 aliphatic carbocycles. The van der Waals surface area contributed by atoms with Crippen LogP contribution in [0.1, 0.15) is 61.7 Å². The molecule has 7 heteroatoms. The molecule has 0 radical (unpaired) electrons. The summed E-state index contributed by atoms with van der Waals surface area (Å²) in [5.41, 5.74) is 1.19. The van der Waals surface area contributed by atoms with E-state index < -0.39 is 23.3 Å². The summed E-state index contributed by atoms with van der Waals surface area (Å²) >= 11 is 0. The number of carboxylic acids is 1. The molecule has 36 heavy (non-hydrogen) atoms. The zero-order valence-corrected chi connectivity index (χ0v) is 20.6. The number of hydrogen-bond acceptors (Lipinski definition) is 5. The van der Waals surface area contributed by atoms with Crippen LogP contribution in [0.5, 0.6) is 5.75 Å². The predicted molar refractivity (Wildman–Crippen MR) is 136 cm³/mol. The van der Waals surface area contributed by atoms with Crippen LogP contribution < -0.4 is 4.74 Å². The summed E-state index contributed by atoms with van der Waals surface area (Å²) in [4.78, 5) is 18.9.